The van der Waals surface area contributed by atoms with Gasteiger partial charge in [-0.2, -0.15) is 5.10 Å². The molecular formula is C21H22FN3O. The quantitative estimate of drug-likeness (QED) is 0.701. The van der Waals surface area contributed by atoms with Crippen LogP contribution in [0.3, 0.4) is 0 Å². The van der Waals surface area contributed by atoms with E-state index in [1.165, 1.54) is 12.1 Å². The van der Waals surface area contributed by atoms with Crippen LogP contribution in [0.15, 0.2) is 54.6 Å². The summed E-state index contributed by atoms with van der Waals surface area (Å²) in [6.45, 7) is 4.46. The summed E-state index contributed by atoms with van der Waals surface area (Å²) in [6, 6.07) is 16.0. The van der Waals surface area contributed by atoms with E-state index in [0.717, 1.165) is 28.2 Å². The van der Waals surface area contributed by atoms with Crippen LogP contribution in [0.2, 0.25) is 0 Å². The van der Waals surface area contributed by atoms with Crippen LogP contribution in [0.1, 0.15) is 22.5 Å². The Bertz CT molecular complexity index is 901. The normalized spacial score (nSPS) is 10.8. The number of aromatic nitrogens is 2. The smallest absolute Gasteiger partial charge is 0.227 e. The van der Waals surface area contributed by atoms with Crippen molar-refractivity contribution in [2.45, 2.75) is 26.8 Å². The second-order valence-corrected chi connectivity index (χ2v) is 6.45. The van der Waals surface area contributed by atoms with E-state index in [1.54, 1.807) is 24.1 Å². The Morgan fingerprint density at radius 3 is 2.38 bits per heavy atom. The van der Waals surface area contributed by atoms with Gasteiger partial charge in [0.2, 0.25) is 5.91 Å². The molecule has 0 aliphatic heterocycles. The van der Waals surface area contributed by atoms with Crippen molar-refractivity contribution in [1.29, 1.82) is 0 Å². The number of benzene rings is 2. The van der Waals surface area contributed by atoms with Gasteiger partial charge in [-0.25, -0.2) is 9.07 Å². The molecule has 0 aliphatic carbocycles. The summed E-state index contributed by atoms with van der Waals surface area (Å²) in [5.74, 6) is -0.308. The zero-order chi connectivity index (χ0) is 18.7. The van der Waals surface area contributed by atoms with Crippen LogP contribution in [0.5, 0.6) is 0 Å². The summed E-state index contributed by atoms with van der Waals surface area (Å²) in [5.41, 5.74) is 4.78. The molecule has 1 aromatic heterocycles. The highest BCUT2D eigenvalue weighted by atomic mass is 19.1. The Balaban J connectivity index is 1.75. The molecule has 0 fully saturated rings. The summed E-state index contributed by atoms with van der Waals surface area (Å²) in [6.07, 6.45) is 0.252. The van der Waals surface area contributed by atoms with E-state index in [1.807, 2.05) is 48.9 Å². The largest absolute Gasteiger partial charge is 0.341 e. The first kappa shape index (κ1) is 17.9. The van der Waals surface area contributed by atoms with Crippen molar-refractivity contribution in [1.82, 2.24) is 14.7 Å². The Labute approximate surface area is 152 Å². The van der Waals surface area contributed by atoms with Crippen molar-refractivity contribution >= 4 is 5.91 Å². The number of amides is 1. The lowest BCUT2D eigenvalue weighted by Gasteiger charge is -2.18. The molecule has 4 nitrogen and oxygen atoms in total. The third-order valence-electron chi connectivity index (χ3n) is 4.53. The maximum absolute atomic E-state index is 13.0. The van der Waals surface area contributed by atoms with Gasteiger partial charge in [-0.05, 0) is 43.7 Å². The fourth-order valence-electron chi connectivity index (χ4n) is 2.96. The van der Waals surface area contributed by atoms with Crippen LogP contribution < -0.4 is 0 Å². The molecule has 0 aliphatic rings. The summed E-state index contributed by atoms with van der Waals surface area (Å²) < 4.78 is 14.9. The third kappa shape index (κ3) is 3.82. The maximum atomic E-state index is 13.0. The highest BCUT2D eigenvalue weighted by Gasteiger charge is 2.17. The van der Waals surface area contributed by atoms with E-state index in [2.05, 4.69) is 5.10 Å². The van der Waals surface area contributed by atoms with Crippen molar-refractivity contribution in [3.63, 3.8) is 0 Å². The van der Waals surface area contributed by atoms with E-state index >= 15 is 0 Å². The van der Waals surface area contributed by atoms with E-state index in [9.17, 15) is 9.18 Å². The van der Waals surface area contributed by atoms with Gasteiger partial charge in [0.05, 0.1) is 17.8 Å². The second kappa shape index (κ2) is 7.52. The van der Waals surface area contributed by atoms with Crippen molar-refractivity contribution in [2.75, 3.05) is 7.05 Å². The van der Waals surface area contributed by atoms with Gasteiger partial charge >= 0.3 is 0 Å². The standard InChI is InChI=1S/C21H22FN3O/c1-15-20(16(2)25(23-15)19-7-5-4-6-8-19)14-24(3)21(26)13-17-9-11-18(22)12-10-17/h4-12H,13-14H2,1-3H3. The number of para-hydroxylation sites is 1. The molecule has 0 radical (unpaired) electrons. The average Bonchev–Trinajstić information content (AvgIpc) is 2.92. The summed E-state index contributed by atoms with van der Waals surface area (Å²) in [7, 11) is 1.78. The monoisotopic (exact) mass is 351 g/mol. The fraction of sp³-hybridized carbons (Fsp3) is 0.238. The molecule has 134 valence electrons. The van der Waals surface area contributed by atoms with E-state index in [-0.39, 0.29) is 18.1 Å². The van der Waals surface area contributed by atoms with Crippen molar-refractivity contribution in [3.8, 4) is 5.69 Å². The van der Waals surface area contributed by atoms with Crippen molar-refractivity contribution < 1.29 is 9.18 Å². The van der Waals surface area contributed by atoms with Gasteiger partial charge < -0.3 is 4.90 Å². The lowest BCUT2D eigenvalue weighted by Crippen LogP contribution is -2.28. The van der Waals surface area contributed by atoms with Crippen LogP contribution >= 0.6 is 0 Å². The summed E-state index contributed by atoms with van der Waals surface area (Å²) in [5, 5.41) is 4.62. The van der Waals surface area contributed by atoms with Gasteiger partial charge in [-0.1, -0.05) is 30.3 Å². The minimum Gasteiger partial charge on any atom is -0.341 e. The Hall–Kier alpha value is -2.95. The molecule has 0 atom stereocenters. The molecule has 26 heavy (non-hydrogen) atoms. The predicted molar refractivity (Wildman–Crippen MR) is 99.6 cm³/mol. The van der Waals surface area contributed by atoms with Crippen molar-refractivity contribution in [3.05, 3.63) is 82.9 Å². The number of hydrogen-bond acceptors (Lipinski definition) is 2. The third-order valence-corrected chi connectivity index (χ3v) is 4.53. The highest BCUT2D eigenvalue weighted by molar-refractivity contribution is 5.78. The maximum Gasteiger partial charge on any atom is 0.227 e. The van der Waals surface area contributed by atoms with Crippen molar-refractivity contribution in [2.24, 2.45) is 0 Å². The van der Waals surface area contributed by atoms with E-state index in [4.69, 9.17) is 0 Å². The minimum absolute atomic E-state index is 0.0112. The van der Waals surface area contributed by atoms with Crippen LogP contribution in [0, 0.1) is 19.7 Å². The number of halogens is 1. The van der Waals surface area contributed by atoms with E-state index in [0.29, 0.717) is 6.54 Å². The zero-order valence-corrected chi connectivity index (χ0v) is 15.2. The average molecular weight is 351 g/mol. The molecule has 0 saturated heterocycles. The molecule has 1 amide bonds. The Morgan fingerprint density at radius 1 is 1.08 bits per heavy atom. The van der Waals surface area contributed by atoms with Gasteiger partial charge in [0.25, 0.3) is 0 Å². The van der Waals surface area contributed by atoms with Crippen LogP contribution in [-0.2, 0) is 17.8 Å². The summed E-state index contributed by atoms with van der Waals surface area (Å²) >= 11 is 0. The topological polar surface area (TPSA) is 38.1 Å². The van der Waals surface area contributed by atoms with Gasteiger partial charge in [0, 0.05) is 24.8 Å². The molecule has 3 rings (SSSR count). The first-order valence-corrected chi connectivity index (χ1v) is 8.54. The van der Waals surface area contributed by atoms with Gasteiger partial charge in [-0.3, -0.25) is 4.79 Å². The van der Waals surface area contributed by atoms with E-state index < -0.39 is 0 Å². The Morgan fingerprint density at radius 2 is 1.73 bits per heavy atom. The fourth-order valence-corrected chi connectivity index (χ4v) is 2.96. The number of rotatable bonds is 5. The molecular weight excluding hydrogens is 329 g/mol. The zero-order valence-electron chi connectivity index (χ0n) is 15.2. The molecule has 0 spiro atoms. The highest BCUT2D eigenvalue weighted by Crippen LogP contribution is 2.19. The van der Waals surface area contributed by atoms with Crippen LogP contribution in [-0.4, -0.2) is 27.6 Å². The first-order chi connectivity index (χ1) is 12.5. The number of nitrogens with zero attached hydrogens (tertiary/aromatic N) is 3. The summed E-state index contributed by atoms with van der Waals surface area (Å²) in [4.78, 5) is 14.2. The molecule has 5 heteroatoms. The molecule has 0 saturated carbocycles. The second-order valence-electron chi connectivity index (χ2n) is 6.45. The first-order valence-electron chi connectivity index (χ1n) is 8.54. The lowest BCUT2D eigenvalue weighted by atomic mass is 10.1. The molecule has 3 aromatic rings. The minimum atomic E-state index is -0.297. The van der Waals surface area contributed by atoms with Gasteiger partial charge in [-0.15, -0.1) is 0 Å². The van der Waals surface area contributed by atoms with Gasteiger partial charge in [0.1, 0.15) is 5.82 Å². The molecule has 0 bridgehead atoms. The molecule has 2 aromatic carbocycles. The number of aryl methyl sites for hydroxylation is 1. The molecule has 1 heterocycles. The SMILES string of the molecule is Cc1nn(-c2ccccc2)c(C)c1CN(C)C(=O)Cc1ccc(F)cc1. The number of carbonyl (C=O) groups is 1. The lowest BCUT2D eigenvalue weighted by molar-refractivity contribution is -0.129. The number of likely N-dealkylation sites (N-methyl/N-ethyl adjacent to an activating group) is 1. The van der Waals surface area contributed by atoms with Crippen LogP contribution in [0.4, 0.5) is 4.39 Å². The molecule has 0 N–H and O–H groups in total. The molecule has 0 unspecified atom stereocenters. The van der Waals surface area contributed by atoms with Gasteiger partial charge in [0.15, 0.2) is 0 Å². The Kier molecular flexibility index (Phi) is 5.16. The van der Waals surface area contributed by atoms with Crippen LogP contribution in [0.25, 0.3) is 5.69 Å². The number of hydrogen-bond donors (Lipinski definition) is 0. The number of carbonyl (C=O) groups excluding carboxylic acids is 1. The predicted octanol–water partition coefficient (Wildman–Crippen LogP) is 3.83.